The van der Waals surface area contributed by atoms with Crippen LogP contribution in [-0.2, 0) is 0 Å². The Kier molecular flexibility index (Phi) is 2.41. The average Bonchev–Trinajstić information content (AvgIpc) is 2.08. The van der Waals surface area contributed by atoms with Crippen molar-refractivity contribution >= 4 is 29.1 Å². The molecule has 1 heterocycles. The molecule has 0 bridgehead atoms. The lowest BCUT2D eigenvalue weighted by atomic mass is 9.76. The molecular formula is C10H10BBrO2. The van der Waals surface area contributed by atoms with Crippen molar-refractivity contribution in [3.8, 4) is 5.75 Å². The third kappa shape index (κ3) is 1.60. The van der Waals surface area contributed by atoms with Gasteiger partial charge in [0, 0.05) is 10.0 Å². The topological polar surface area (TPSA) is 29.5 Å². The summed E-state index contributed by atoms with van der Waals surface area (Å²) in [6.07, 6.45) is 1.95. The predicted molar refractivity (Wildman–Crippen MR) is 61.1 cm³/mol. The summed E-state index contributed by atoms with van der Waals surface area (Å²) in [5.41, 5.74) is 2.87. The molecule has 2 nitrogen and oxygen atoms in total. The van der Waals surface area contributed by atoms with Gasteiger partial charge in [-0.2, -0.15) is 0 Å². The van der Waals surface area contributed by atoms with Gasteiger partial charge in [-0.25, -0.2) is 0 Å². The molecule has 2 rings (SSSR count). The molecule has 0 spiro atoms. The molecule has 1 N–H and O–H groups in total. The van der Waals surface area contributed by atoms with E-state index >= 15 is 0 Å². The molecule has 0 atom stereocenters. The van der Waals surface area contributed by atoms with Crippen LogP contribution in [0.15, 0.2) is 22.1 Å². The Labute approximate surface area is 91.9 Å². The first kappa shape index (κ1) is 9.81. The first-order valence-electron chi connectivity index (χ1n) is 4.41. The summed E-state index contributed by atoms with van der Waals surface area (Å²) in [5, 5.41) is 9.52. The zero-order valence-electron chi connectivity index (χ0n) is 8.04. The molecule has 1 aliphatic rings. The molecule has 0 unspecified atom stereocenters. The molecular weight excluding hydrogens is 243 g/mol. The van der Waals surface area contributed by atoms with Crippen LogP contribution < -0.4 is 4.65 Å². The van der Waals surface area contributed by atoms with Crippen molar-refractivity contribution in [1.82, 2.24) is 0 Å². The molecule has 0 saturated heterocycles. The van der Waals surface area contributed by atoms with Gasteiger partial charge in [-0.3, -0.25) is 0 Å². The van der Waals surface area contributed by atoms with Gasteiger partial charge in [0.05, 0.1) is 0 Å². The second-order valence-corrected chi connectivity index (χ2v) is 4.42. The lowest BCUT2D eigenvalue weighted by Gasteiger charge is -2.20. The monoisotopic (exact) mass is 252 g/mol. The normalized spacial score (nSPS) is 14.6. The van der Waals surface area contributed by atoms with Gasteiger partial charge in [0.25, 0.3) is 0 Å². The van der Waals surface area contributed by atoms with Crippen LogP contribution in [0.25, 0.3) is 6.08 Å². The molecule has 1 aromatic carbocycles. The van der Waals surface area contributed by atoms with Crippen LogP contribution in [-0.4, -0.2) is 12.1 Å². The number of rotatable bonds is 0. The van der Waals surface area contributed by atoms with E-state index in [1.54, 1.807) is 0 Å². The summed E-state index contributed by atoms with van der Waals surface area (Å²) < 4.78 is 6.42. The Bertz CT molecular complexity index is 415. The maximum Gasteiger partial charge on any atom is 0.555 e. The van der Waals surface area contributed by atoms with Crippen LogP contribution in [0.3, 0.4) is 0 Å². The molecule has 4 heteroatoms. The second-order valence-electron chi connectivity index (χ2n) is 3.50. The van der Waals surface area contributed by atoms with Gasteiger partial charge < -0.3 is 9.68 Å². The average molecular weight is 253 g/mol. The first-order chi connectivity index (χ1) is 6.58. The van der Waals surface area contributed by atoms with Gasteiger partial charge >= 0.3 is 7.12 Å². The molecule has 0 amide bonds. The van der Waals surface area contributed by atoms with Gasteiger partial charge in [0.15, 0.2) is 0 Å². The molecule has 0 radical (unpaired) electrons. The van der Waals surface area contributed by atoms with Crippen molar-refractivity contribution in [3.63, 3.8) is 0 Å². The highest BCUT2D eigenvalue weighted by Gasteiger charge is 2.25. The molecule has 1 aromatic rings. The van der Waals surface area contributed by atoms with Gasteiger partial charge in [-0.05, 0) is 37.0 Å². The second kappa shape index (κ2) is 3.44. The highest BCUT2D eigenvalue weighted by atomic mass is 79.9. The van der Waals surface area contributed by atoms with Crippen molar-refractivity contribution in [2.45, 2.75) is 13.8 Å². The Hall–Kier alpha value is -0.735. The quantitative estimate of drug-likeness (QED) is 0.720. The van der Waals surface area contributed by atoms with Crippen molar-refractivity contribution in [1.29, 1.82) is 0 Å². The summed E-state index contributed by atoms with van der Waals surface area (Å²) in [6.45, 7) is 3.81. The zero-order chi connectivity index (χ0) is 10.3. The number of halogens is 1. The number of allylic oxidation sites excluding steroid dienone is 1. The van der Waals surface area contributed by atoms with Crippen molar-refractivity contribution in [3.05, 3.63) is 33.2 Å². The summed E-state index contributed by atoms with van der Waals surface area (Å²) in [6, 6.07) is 3.96. The van der Waals surface area contributed by atoms with Crippen LogP contribution in [0.2, 0.25) is 0 Å². The summed E-state index contributed by atoms with van der Waals surface area (Å²) in [4.78, 5) is 0. The number of aryl methyl sites for hydroxylation is 1. The third-order valence-corrected chi connectivity index (χ3v) is 2.73. The van der Waals surface area contributed by atoms with E-state index in [4.69, 9.17) is 4.65 Å². The Morgan fingerprint density at radius 2 is 2.07 bits per heavy atom. The van der Waals surface area contributed by atoms with Gasteiger partial charge in [0.2, 0.25) is 0 Å². The fourth-order valence-electron chi connectivity index (χ4n) is 1.55. The van der Waals surface area contributed by atoms with Gasteiger partial charge in [-0.15, -0.1) is 0 Å². The smallest absolute Gasteiger partial charge is 0.532 e. The molecule has 72 valence electrons. The van der Waals surface area contributed by atoms with Crippen LogP contribution in [0.4, 0.5) is 0 Å². The molecule has 1 aliphatic heterocycles. The summed E-state index contributed by atoms with van der Waals surface area (Å²) >= 11 is 3.43. The SMILES string of the molecule is CC1=Cc2cc(Br)cc(C)c2OB1O. The number of fused-ring (bicyclic) bond motifs is 1. The zero-order valence-corrected chi connectivity index (χ0v) is 9.63. The molecule has 0 aromatic heterocycles. The van der Waals surface area contributed by atoms with E-state index in [9.17, 15) is 5.02 Å². The Morgan fingerprint density at radius 3 is 2.79 bits per heavy atom. The Balaban J connectivity index is 2.59. The van der Waals surface area contributed by atoms with E-state index in [0.717, 1.165) is 26.8 Å². The van der Waals surface area contributed by atoms with E-state index in [2.05, 4.69) is 15.9 Å². The van der Waals surface area contributed by atoms with Crippen LogP contribution in [0.5, 0.6) is 5.75 Å². The fourth-order valence-corrected chi connectivity index (χ4v) is 2.14. The maximum absolute atomic E-state index is 9.52. The van der Waals surface area contributed by atoms with Crippen LogP contribution in [0, 0.1) is 6.92 Å². The minimum Gasteiger partial charge on any atom is -0.532 e. The molecule has 14 heavy (non-hydrogen) atoms. The van der Waals surface area contributed by atoms with E-state index < -0.39 is 7.12 Å². The lowest BCUT2D eigenvalue weighted by molar-refractivity contribution is 0.421. The van der Waals surface area contributed by atoms with E-state index in [1.807, 2.05) is 32.1 Å². The van der Waals surface area contributed by atoms with Crippen molar-refractivity contribution < 1.29 is 9.68 Å². The largest absolute Gasteiger partial charge is 0.555 e. The van der Waals surface area contributed by atoms with E-state index in [0.29, 0.717) is 0 Å². The predicted octanol–water partition coefficient (Wildman–Crippen LogP) is 2.57. The number of hydrogen-bond acceptors (Lipinski definition) is 2. The number of benzene rings is 1. The maximum atomic E-state index is 9.52. The highest BCUT2D eigenvalue weighted by molar-refractivity contribution is 9.10. The van der Waals surface area contributed by atoms with Gasteiger partial charge in [0.1, 0.15) is 5.75 Å². The first-order valence-corrected chi connectivity index (χ1v) is 5.20. The van der Waals surface area contributed by atoms with E-state index in [1.165, 1.54) is 0 Å². The number of hydrogen-bond donors (Lipinski definition) is 1. The minimum absolute atomic E-state index is 0.770. The third-order valence-electron chi connectivity index (χ3n) is 2.27. The van der Waals surface area contributed by atoms with Crippen LogP contribution >= 0.6 is 15.9 Å². The fraction of sp³-hybridized carbons (Fsp3) is 0.200. The standard InChI is InChI=1S/C10H10BBrO2/c1-6-3-9(12)5-8-4-7(2)11(13)14-10(6)8/h3-5,13H,1-2H3. The molecule has 0 saturated carbocycles. The Morgan fingerprint density at radius 1 is 1.36 bits per heavy atom. The van der Waals surface area contributed by atoms with Crippen molar-refractivity contribution in [2.75, 3.05) is 0 Å². The molecule has 0 fully saturated rings. The van der Waals surface area contributed by atoms with E-state index in [-0.39, 0.29) is 0 Å². The van der Waals surface area contributed by atoms with Gasteiger partial charge in [-0.1, -0.05) is 22.0 Å². The van der Waals surface area contributed by atoms with Crippen molar-refractivity contribution in [2.24, 2.45) is 0 Å². The highest BCUT2D eigenvalue weighted by Crippen LogP contribution is 2.33. The molecule has 0 aliphatic carbocycles. The summed E-state index contributed by atoms with van der Waals surface area (Å²) in [5.74, 6) is 0.770. The lowest BCUT2D eigenvalue weighted by Crippen LogP contribution is -2.26. The summed E-state index contributed by atoms with van der Waals surface area (Å²) in [7, 11) is -0.803. The van der Waals surface area contributed by atoms with Crippen LogP contribution in [0.1, 0.15) is 18.1 Å². The minimum atomic E-state index is -0.803.